The Bertz CT molecular complexity index is 783. The molecule has 0 fully saturated rings. The minimum absolute atomic E-state index is 0.0355. The van der Waals surface area contributed by atoms with Gasteiger partial charge in [-0.3, -0.25) is 0 Å². The minimum atomic E-state index is -2.62. The van der Waals surface area contributed by atoms with Crippen molar-refractivity contribution in [3.05, 3.63) is 34.4 Å². The SMILES string of the molecule is CC(C)(C)Cn1cc(/C(=N\SC(C)(C)C)C(F)F)c2ccc(Br)cc21. The summed E-state index contributed by atoms with van der Waals surface area (Å²) in [6, 6.07) is 5.74. The highest BCUT2D eigenvalue weighted by Crippen LogP contribution is 2.32. The van der Waals surface area contributed by atoms with Crippen LogP contribution in [-0.4, -0.2) is 21.5 Å². The van der Waals surface area contributed by atoms with Crippen molar-refractivity contribution in [3.8, 4) is 0 Å². The molecule has 2 aromatic rings. The van der Waals surface area contributed by atoms with E-state index in [4.69, 9.17) is 0 Å². The predicted molar refractivity (Wildman–Crippen MR) is 109 cm³/mol. The topological polar surface area (TPSA) is 17.3 Å². The molecular weight excluding hydrogens is 406 g/mol. The summed E-state index contributed by atoms with van der Waals surface area (Å²) in [7, 11) is 0. The number of hydrogen-bond acceptors (Lipinski definition) is 2. The summed E-state index contributed by atoms with van der Waals surface area (Å²) in [5.41, 5.74) is 1.33. The Balaban J connectivity index is 2.63. The normalized spacial score (nSPS) is 13.9. The van der Waals surface area contributed by atoms with Crippen molar-refractivity contribution >= 4 is 44.5 Å². The van der Waals surface area contributed by atoms with Gasteiger partial charge in [0.1, 0.15) is 5.71 Å². The summed E-state index contributed by atoms with van der Waals surface area (Å²) in [5, 5.41) is 0.806. The van der Waals surface area contributed by atoms with E-state index in [9.17, 15) is 8.78 Å². The maximum atomic E-state index is 13.8. The van der Waals surface area contributed by atoms with Gasteiger partial charge >= 0.3 is 0 Å². The highest BCUT2D eigenvalue weighted by atomic mass is 79.9. The molecule has 0 saturated heterocycles. The molecule has 0 unspecified atom stereocenters. The standard InChI is InChI=1S/C19H25BrF2N2S/c1-18(2,3)11-24-10-14(13-8-7-12(20)9-15(13)24)16(17(21)22)23-25-19(4,5)6/h7-10,17H,11H2,1-6H3/b23-16+. The number of nitrogens with zero attached hydrogens (tertiary/aromatic N) is 2. The first-order valence-electron chi connectivity index (χ1n) is 8.20. The Hall–Kier alpha value is -0.880. The average molecular weight is 431 g/mol. The van der Waals surface area contributed by atoms with Gasteiger partial charge in [-0.2, -0.15) is 0 Å². The van der Waals surface area contributed by atoms with Gasteiger partial charge in [-0.15, -0.1) is 0 Å². The lowest BCUT2D eigenvalue weighted by molar-refractivity contribution is 0.227. The molecule has 0 amide bonds. The Morgan fingerprint density at radius 3 is 2.36 bits per heavy atom. The van der Waals surface area contributed by atoms with Crippen LogP contribution in [0.25, 0.3) is 10.9 Å². The van der Waals surface area contributed by atoms with Crippen molar-refractivity contribution < 1.29 is 8.78 Å². The second-order valence-electron chi connectivity index (χ2n) is 8.37. The highest BCUT2D eigenvalue weighted by Gasteiger charge is 2.24. The van der Waals surface area contributed by atoms with E-state index in [1.165, 1.54) is 11.9 Å². The van der Waals surface area contributed by atoms with Crippen molar-refractivity contribution in [2.24, 2.45) is 9.81 Å². The van der Waals surface area contributed by atoms with Crippen LogP contribution in [0.4, 0.5) is 8.78 Å². The predicted octanol–water partition coefficient (Wildman–Crippen LogP) is 6.95. The molecular formula is C19H25BrF2N2S. The molecule has 1 heterocycles. The molecule has 2 rings (SSSR count). The third-order valence-corrected chi connectivity index (χ3v) is 4.72. The number of alkyl halides is 2. The van der Waals surface area contributed by atoms with Crippen LogP contribution in [0.5, 0.6) is 0 Å². The molecule has 0 aliphatic rings. The maximum absolute atomic E-state index is 13.8. The number of benzene rings is 1. The van der Waals surface area contributed by atoms with Crippen molar-refractivity contribution in [1.82, 2.24) is 4.57 Å². The van der Waals surface area contributed by atoms with Crippen LogP contribution in [0.2, 0.25) is 0 Å². The third-order valence-electron chi connectivity index (χ3n) is 3.39. The fraction of sp³-hybridized carbons (Fsp3) is 0.526. The molecule has 0 radical (unpaired) electrons. The first-order valence-corrected chi connectivity index (χ1v) is 9.77. The molecule has 0 bridgehead atoms. The van der Waals surface area contributed by atoms with E-state index in [1.807, 2.05) is 45.2 Å². The Kier molecular flexibility index (Phi) is 6.04. The van der Waals surface area contributed by atoms with Crippen molar-refractivity contribution in [1.29, 1.82) is 0 Å². The van der Waals surface area contributed by atoms with Gasteiger partial charge in [-0.05, 0) is 50.3 Å². The first kappa shape index (κ1) is 20.4. The number of fused-ring (bicyclic) bond motifs is 1. The zero-order valence-corrected chi connectivity index (χ0v) is 17.9. The Morgan fingerprint density at radius 2 is 1.84 bits per heavy atom. The summed E-state index contributed by atoms with van der Waals surface area (Å²) in [5.74, 6) is 0. The largest absolute Gasteiger partial charge is 0.346 e. The van der Waals surface area contributed by atoms with Crippen LogP contribution < -0.4 is 0 Å². The minimum Gasteiger partial charge on any atom is -0.346 e. The maximum Gasteiger partial charge on any atom is 0.281 e. The summed E-state index contributed by atoms with van der Waals surface area (Å²) in [6.07, 6.45) is -0.802. The van der Waals surface area contributed by atoms with Gasteiger partial charge in [-0.1, -0.05) is 42.8 Å². The van der Waals surface area contributed by atoms with E-state index in [2.05, 4.69) is 45.7 Å². The van der Waals surface area contributed by atoms with Gasteiger partial charge in [0.25, 0.3) is 6.43 Å². The molecule has 0 atom stereocenters. The van der Waals surface area contributed by atoms with Gasteiger partial charge in [0.05, 0.1) is 0 Å². The van der Waals surface area contributed by atoms with E-state index in [0.717, 1.165) is 21.9 Å². The lowest BCUT2D eigenvalue weighted by atomic mass is 9.97. The summed E-state index contributed by atoms with van der Waals surface area (Å²) >= 11 is 4.67. The third kappa shape index (κ3) is 5.55. The zero-order valence-electron chi connectivity index (χ0n) is 15.5. The molecule has 1 aromatic heterocycles. The van der Waals surface area contributed by atoms with Crippen LogP contribution >= 0.6 is 27.9 Å². The van der Waals surface area contributed by atoms with Crippen LogP contribution in [0, 0.1) is 5.41 Å². The average Bonchev–Trinajstić information content (AvgIpc) is 2.73. The highest BCUT2D eigenvalue weighted by molar-refractivity contribution is 9.10. The molecule has 0 aliphatic heterocycles. The summed E-state index contributed by atoms with van der Waals surface area (Å²) in [6.45, 7) is 13.0. The molecule has 0 aliphatic carbocycles. The number of halogens is 3. The van der Waals surface area contributed by atoms with E-state index in [0.29, 0.717) is 5.56 Å². The molecule has 6 heteroatoms. The van der Waals surface area contributed by atoms with Crippen LogP contribution in [0.3, 0.4) is 0 Å². The number of hydrogen-bond donors (Lipinski definition) is 0. The number of aromatic nitrogens is 1. The first-order chi connectivity index (χ1) is 11.4. The fourth-order valence-corrected chi connectivity index (χ4v) is 3.40. The monoisotopic (exact) mass is 430 g/mol. The molecule has 138 valence electrons. The lowest BCUT2D eigenvalue weighted by Crippen LogP contribution is -2.15. The zero-order chi connectivity index (χ0) is 19.0. The fourth-order valence-electron chi connectivity index (χ4n) is 2.50. The second-order valence-corrected chi connectivity index (χ2v) is 10.9. The quantitative estimate of drug-likeness (QED) is 0.378. The lowest BCUT2D eigenvalue weighted by Gasteiger charge is -2.19. The number of rotatable bonds is 4. The van der Waals surface area contributed by atoms with Crippen LogP contribution in [0.15, 0.2) is 33.3 Å². The molecule has 2 nitrogen and oxygen atoms in total. The van der Waals surface area contributed by atoms with Gasteiger partial charge in [0, 0.05) is 38.4 Å². The van der Waals surface area contributed by atoms with Gasteiger partial charge in [-0.25, -0.2) is 13.2 Å². The van der Waals surface area contributed by atoms with Crippen molar-refractivity contribution in [2.45, 2.75) is 59.3 Å². The second kappa shape index (κ2) is 7.39. The molecule has 0 N–H and O–H groups in total. The Morgan fingerprint density at radius 1 is 1.20 bits per heavy atom. The van der Waals surface area contributed by atoms with Crippen LogP contribution in [0.1, 0.15) is 47.1 Å². The van der Waals surface area contributed by atoms with E-state index < -0.39 is 6.43 Å². The van der Waals surface area contributed by atoms with Gasteiger partial charge in [0.15, 0.2) is 0 Å². The van der Waals surface area contributed by atoms with E-state index >= 15 is 0 Å². The van der Waals surface area contributed by atoms with E-state index in [1.54, 1.807) is 0 Å². The Labute approximate surface area is 161 Å². The van der Waals surface area contributed by atoms with Crippen molar-refractivity contribution in [3.63, 3.8) is 0 Å². The molecule has 0 saturated carbocycles. The van der Waals surface area contributed by atoms with Crippen LogP contribution in [-0.2, 0) is 6.54 Å². The van der Waals surface area contributed by atoms with E-state index in [-0.39, 0.29) is 15.9 Å². The molecule has 1 aromatic carbocycles. The van der Waals surface area contributed by atoms with Gasteiger partial charge < -0.3 is 4.57 Å². The summed E-state index contributed by atoms with van der Waals surface area (Å²) in [4.78, 5) is 0. The van der Waals surface area contributed by atoms with Crippen molar-refractivity contribution in [2.75, 3.05) is 0 Å². The molecule has 0 spiro atoms. The smallest absolute Gasteiger partial charge is 0.281 e. The molecule has 25 heavy (non-hydrogen) atoms. The van der Waals surface area contributed by atoms with Gasteiger partial charge in [0.2, 0.25) is 0 Å². The summed E-state index contributed by atoms with van der Waals surface area (Å²) < 4.78 is 34.5.